The molecule has 1 aliphatic carbocycles. The van der Waals surface area contributed by atoms with Crippen LogP contribution in [0.3, 0.4) is 0 Å². The lowest BCUT2D eigenvalue weighted by Gasteiger charge is -2.19. The first kappa shape index (κ1) is 10.8. The van der Waals surface area contributed by atoms with Gasteiger partial charge in [0.1, 0.15) is 0 Å². The summed E-state index contributed by atoms with van der Waals surface area (Å²) in [5.74, 6) is -2.23. The minimum absolute atomic E-state index is 0.0143. The normalized spacial score (nSPS) is 27.7. The van der Waals surface area contributed by atoms with Crippen LogP contribution in [0.4, 0.5) is 4.39 Å². The molecule has 0 saturated heterocycles. The summed E-state index contributed by atoms with van der Waals surface area (Å²) in [4.78, 5) is 23.0. The minimum Gasteiger partial charge on any atom is -0.466 e. The van der Waals surface area contributed by atoms with Crippen molar-refractivity contribution in [3.05, 3.63) is 35.4 Å². The second kappa shape index (κ2) is 3.38. The first-order valence-corrected chi connectivity index (χ1v) is 4.62. The summed E-state index contributed by atoms with van der Waals surface area (Å²) in [6.07, 6.45) is -2.08. The van der Waals surface area contributed by atoms with Crippen molar-refractivity contribution in [2.45, 2.75) is 11.8 Å². The van der Waals surface area contributed by atoms with E-state index in [1.54, 1.807) is 0 Å². The topological polar surface area (TPSA) is 63.6 Å². The van der Waals surface area contributed by atoms with Gasteiger partial charge in [-0.2, -0.15) is 0 Å². The SMILES string of the molecule is COC(=O)C1(O)C(=O)c2ccccc2C1F. The lowest BCUT2D eigenvalue weighted by molar-refractivity contribution is -0.162. The molecule has 0 radical (unpaired) electrons. The standard InChI is InChI=1S/C11H9FO4/c1-16-10(14)11(15)8(12)6-4-2-3-5-7(6)9(11)13/h2-5,8,15H,1H3. The fraction of sp³-hybridized carbons (Fsp3) is 0.273. The van der Waals surface area contributed by atoms with E-state index >= 15 is 0 Å². The third kappa shape index (κ3) is 1.12. The zero-order valence-corrected chi connectivity index (χ0v) is 8.44. The van der Waals surface area contributed by atoms with Crippen LogP contribution in [0.25, 0.3) is 0 Å². The van der Waals surface area contributed by atoms with Gasteiger partial charge in [-0.1, -0.05) is 24.3 Å². The van der Waals surface area contributed by atoms with Crippen molar-refractivity contribution in [1.29, 1.82) is 0 Å². The number of hydrogen-bond donors (Lipinski definition) is 1. The first-order valence-electron chi connectivity index (χ1n) is 4.62. The molecule has 0 spiro atoms. The molecule has 0 saturated carbocycles. The number of Topliss-reactive ketones (excluding diaryl/α,β-unsaturated/α-hetero) is 1. The van der Waals surface area contributed by atoms with Gasteiger partial charge in [0.15, 0.2) is 6.17 Å². The number of carbonyl (C=O) groups excluding carboxylic acids is 2. The fourth-order valence-corrected chi connectivity index (χ4v) is 1.82. The second-order valence-corrected chi connectivity index (χ2v) is 3.54. The Bertz CT molecular complexity index is 471. The average molecular weight is 224 g/mol. The van der Waals surface area contributed by atoms with Crippen LogP contribution in [0.5, 0.6) is 0 Å². The average Bonchev–Trinajstić information content (AvgIpc) is 2.52. The van der Waals surface area contributed by atoms with Crippen molar-refractivity contribution in [3.8, 4) is 0 Å². The molecule has 2 atom stereocenters. The van der Waals surface area contributed by atoms with E-state index in [-0.39, 0.29) is 11.1 Å². The van der Waals surface area contributed by atoms with Gasteiger partial charge in [0, 0.05) is 11.1 Å². The molecule has 84 valence electrons. The van der Waals surface area contributed by atoms with Gasteiger partial charge < -0.3 is 9.84 Å². The van der Waals surface area contributed by atoms with Crippen molar-refractivity contribution < 1.29 is 23.8 Å². The molecule has 2 rings (SSSR count). The Morgan fingerprint density at radius 3 is 2.69 bits per heavy atom. The smallest absolute Gasteiger partial charge is 0.349 e. The van der Waals surface area contributed by atoms with E-state index in [1.807, 2.05) is 0 Å². The van der Waals surface area contributed by atoms with Crippen LogP contribution in [0.1, 0.15) is 22.1 Å². The van der Waals surface area contributed by atoms with Gasteiger partial charge >= 0.3 is 5.97 Å². The van der Waals surface area contributed by atoms with Crippen molar-refractivity contribution in [2.24, 2.45) is 0 Å². The van der Waals surface area contributed by atoms with Crippen LogP contribution in [0.15, 0.2) is 24.3 Å². The number of ketones is 1. The zero-order valence-electron chi connectivity index (χ0n) is 8.44. The molecule has 1 N–H and O–H groups in total. The molecule has 2 unspecified atom stereocenters. The van der Waals surface area contributed by atoms with E-state index in [0.29, 0.717) is 0 Å². The predicted molar refractivity (Wildman–Crippen MR) is 51.6 cm³/mol. The van der Waals surface area contributed by atoms with Crippen molar-refractivity contribution in [3.63, 3.8) is 0 Å². The second-order valence-electron chi connectivity index (χ2n) is 3.54. The van der Waals surface area contributed by atoms with Crippen molar-refractivity contribution in [1.82, 2.24) is 0 Å². The molecule has 0 fully saturated rings. The maximum atomic E-state index is 13.9. The number of halogens is 1. The summed E-state index contributed by atoms with van der Waals surface area (Å²) in [5.41, 5.74) is -2.71. The van der Waals surface area contributed by atoms with Crippen molar-refractivity contribution >= 4 is 11.8 Å². The monoisotopic (exact) mass is 224 g/mol. The van der Waals surface area contributed by atoms with Crippen LogP contribution >= 0.6 is 0 Å². The molecular weight excluding hydrogens is 215 g/mol. The molecule has 0 amide bonds. The highest BCUT2D eigenvalue weighted by Crippen LogP contribution is 2.42. The zero-order chi connectivity index (χ0) is 11.9. The van der Waals surface area contributed by atoms with E-state index in [9.17, 15) is 19.1 Å². The molecule has 0 heterocycles. The Kier molecular flexibility index (Phi) is 2.27. The maximum Gasteiger partial charge on any atom is 0.349 e. The first-order chi connectivity index (χ1) is 7.53. The van der Waals surface area contributed by atoms with Crippen LogP contribution in [-0.4, -0.2) is 29.6 Å². The fourth-order valence-electron chi connectivity index (χ4n) is 1.82. The van der Waals surface area contributed by atoms with Gasteiger partial charge in [0.2, 0.25) is 5.78 Å². The number of alkyl halides is 1. The Balaban J connectivity index is 2.58. The number of ether oxygens (including phenoxy) is 1. The number of fused-ring (bicyclic) bond motifs is 1. The lowest BCUT2D eigenvalue weighted by atomic mass is 9.98. The Labute approximate surface area is 90.6 Å². The number of carbonyl (C=O) groups is 2. The molecule has 5 heteroatoms. The Morgan fingerprint density at radius 1 is 1.50 bits per heavy atom. The highest BCUT2D eigenvalue weighted by atomic mass is 19.1. The van der Waals surface area contributed by atoms with Crippen LogP contribution in [0.2, 0.25) is 0 Å². The molecule has 0 aliphatic heterocycles. The number of hydrogen-bond acceptors (Lipinski definition) is 4. The minimum atomic E-state index is -2.74. The highest BCUT2D eigenvalue weighted by Gasteiger charge is 2.59. The summed E-state index contributed by atoms with van der Waals surface area (Å²) in [7, 11) is 0.989. The lowest BCUT2D eigenvalue weighted by Crippen LogP contribution is -2.47. The molecule has 1 aliphatic rings. The number of rotatable bonds is 1. The third-order valence-electron chi connectivity index (χ3n) is 2.69. The molecule has 4 nitrogen and oxygen atoms in total. The highest BCUT2D eigenvalue weighted by molar-refractivity contribution is 6.19. The van der Waals surface area contributed by atoms with Crippen molar-refractivity contribution in [2.75, 3.05) is 7.11 Å². The molecule has 0 bridgehead atoms. The third-order valence-corrected chi connectivity index (χ3v) is 2.69. The maximum absolute atomic E-state index is 13.9. The van der Waals surface area contributed by atoms with Gasteiger partial charge in [-0.3, -0.25) is 4.79 Å². The van der Waals surface area contributed by atoms with Gasteiger partial charge in [0.05, 0.1) is 7.11 Å². The summed E-state index contributed by atoms with van der Waals surface area (Å²) in [5, 5.41) is 9.82. The van der Waals surface area contributed by atoms with E-state index in [1.165, 1.54) is 24.3 Å². The summed E-state index contributed by atoms with van der Waals surface area (Å²) < 4.78 is 18.1. The molecule has 1 aromatic carbocycles. The summed E-state index contributed by atoms with van der Waals surface area (Å²) >= 11 is 0. The predicted octanol–water partition coefficient (Wildman–Crippen LogP) is 0.798. The molecule has 1 aromatic rings. The van der Waals surface area contributed by atoms with Crippen LogP contribution < -0.4 is 0 Å². The van der Waals surface area contributed by atoms with Crippen LogP contribution in [0, 0.1) is 0 Å². The van der Waals surface area contributed by atoms with Gasteiger partial charge in [-0.25, -0.2) is 9.18 Å². The van der Waals surface area contributed by atoms with E-state index in [4.69, 9.17) is 0 Å². The summed E-state index contributed by atoms with van der Waals surface area (Å²) in [6.45, 7) is 0. The largest absolute Gasteiger partial charge is 0.466 e. The number of esters is 1. The Hall–Kier alpha value is -1.75. The van der Waals surface area contributed by atoms with Gasteiger partial charge in [-0.05, 0) is 0 Å². The quantitative estimate of drug-likeness (QED) is 0.566. The van der Waals surface area contributed by atoms with Gasteiger partial charge in [-0.15, -0.1) is 0 Å². The number of aliphatic hydroxyl groups is 1. The number of methoxy groups -OCH3 is 1. The number of benzene rings is 1. The van der Waals surface area contributed by atoms with Crippen LogP contribution in [-0.2, 0) is 9.53 Å². The van der Waals surface area contributed by atoms with E-state index in [2.05, 4.69) is 4.74 Å². The molecule has 0 aromatic heterocycles. The van der Waals surface area contributed by atoms with E-state index < -0.39 is 23.5 Å². The molecular formula is C11H9FO4. The van der Waals surface area contributed by atoms with E-state index in [0.717, 1.165) is 7.11 Å². The Morgan fingerprint density at radius 2 is 2.12 bits per heavy atom. The molecule has 16 heavy (non-hydrogen) atoms. The van der Waals surface area contributed by atoms with Gasteiger partial charge in [0.25, 0.3) is 5.60 Å². The summed E-state index contributed by atoms with van der Waals surface area (Å²) in [6, 6.07) is 5.79.